The summed E-state index contributed by atoms with van der Waals surface area (Å²) in [7, 11) is -1.07. The van der Waals surface area contributed by atoms with Gasteiger partial charge in [0.05, 0.1) is 24.2 Å². The summed E-state index contributed by atoms with van der Waals surface area (Å²) in [6.45, 7) is 0.236. The van der Waals surface area contributed by atoms with Crippen molar-refractivity contribution >= 4 is 33.2 Å². The normalized spacial score (nSPS) is 11.0. The fraction of sp³-hybridized carbons (Fsp3) is 0.174. The topological polar surface area (TPSA) is 84.9 Å². The molecule has 0 aliphatic heterocycles. The van der Waals surface area contributed by atoms with Crippen LogP contribution in [0.25, 0.3) is 0 Å². The molecule has 3 rings (SSSR count). The van der Waals surface area contributed by atoms with E-state index < -0.39 is 21.7 Å². The highest BCUT2D eigenvalue weighted by Crippen LogP contribution is 2.30. The number of halogens is 2. The Balaban J connectivity index is 1.71. The van der Waals surface area contributed by atoms with Crippen molar-refractivity contribution in [3.8, 4) is 11.5 Å². The van der Waals surface area contributed by atoms with E-state index in [4.69, 9.17) is 21.1 Å². The van der Waals surface area contributed by atoms with E-state index in [-0.39, 0.29) is 35.0 Å². The molecule has 0 aromatic heterocycles. The third-order valence-electron chi connectivity index (χ3n) is 4.66. The Morgan fingerprint density at radius 1 is 1.06 bits per heavy atom. The van der Waals surface area contributed by atoms with E-state index in [1.165, 1.54) is 54.5 Å². The maximum Gasteiger partial charge on any atom is 0.262 e. The molecule has 0 heterocycles. The van der Waals surface area contributed by atoms with Gasteiger partial charge >= 0.3 is 0 Å². The van der Waals surface area contributed by atoms with Crippen LogP contribution in [0.2, 0.25) is 5.02 Å². The minimum Gasteiger partial charge on any atom is -0.495 e. The predicted molar refractivity (Wildman–Crippen MR) is 124 cm³/mol. The molecular formula is C23H22ClFN2O5S. The van der Waals surface area contributed by atoms with Gasteiger partial charge in [0.15, 0.2) is 11.6 Å². The largest absolute Gasteiger partial charge is 0.495 e. The van der Waals surface area contributed by atoms with Crippen molar-refractivity contribution in [2.24, 2.45) is 0 Å². The molecule has 3 aromatic rings. The highest BCUT2D eigenvalue weighted by Gasteiger charge is 2.20. The summed E-state index contributed by atoms with van der Waals surface area (Å²) < 4.78 is 52.4. The number of sulfonamides is 1. The standard InChI is InChI=1S/C23H22ClFN2O5S/c1-27(12-13-32-21-9-4-3-8-19(21)25)23(28)16-6-5-7-18(14-16)33(29,30)26-20-15-17(24)10-11-22(20)31-2/h3-11,14-15,26H,12-13H2,1-2H3. The zero-order valence-electron chi connectivity index (χ0n) is 17.9. The minimum absolute atomic E-state index is 0.0667. The summed E-state index contributed by atoms with van der Waals surface area (Å²) in [6, 6.07) is 16.1. The van der Waals surface area contributed by atoms with Gasteiger partial charge in [-0.2, -0.15) is 0 Å². The Kier molecular flexibility index (Phi) is 7.78. The van der Waals surface area contributed by atoms with Crippen molar-refractivity contribution in [2.45, 2.75) is 4.90 Å². The van der Waals surface area contributed by atoms with Crippen molar-refractivity contribution < 1.29 is 27.1 Å². The highest BCUT2D eigenvalue weighted by atomic mass is 35.5. The van der Waals surface area contributed by atoms with Crippen molar-refractivity contribution in [3.63, 3.8) is 0 Å². The van der Waals surface area contributed by atoms with Crippen LogP contribution in [-0.4, -0.2) is 46.5 Å². The molecule has 0 aliphatic carbocycles. The molecule has 0 fully saturated rings. The second-order valence-corrected chi connectivity index (χ2v) is 9.10. The second kappa shape index (κ2) is 10.5. The zero-order chi connectivity index (χ0) is 24.0. The first-order valence-corrected chi connectivity index (χ1v) is 11.7. The molecule has 1 N–H and O–H groups in total. The number of amides is 1. The first-order chi connectivity index (χ1) is 15.7. The molecule has 0 bridgehead atoms. The van der Waals surface area contributed by atoms with Crippen LogP contribution in [0.1, 0.15) is 10.4 Å². The van der Waals surface area contributed by atoms with Crippen LogP contribution in [0, 0.1) is 5.82 Å². The lowest BCUT2D eigenvalue weighted by Crippen LogP contribution is -2.31. The Labute approximate surface area is 196 Å². The fourth-order valence-corrected chi connectivity index (χ4v) is 4.22. The lowest BCUT2D eigenvalue weighted by Gasteiger charge is -2.18. The van der Waals surface area contributed by atoms with Crippen LogP contribution in [0.3, 0.4) is 0 Å². The minimum atomic E-state index is -4.03. The summed E-state index contributed by atoms with van der Waals surface area (Å²) in [5, 5.41) is 0.330. The van der Waals surface area contributed by atoms with Crippen LogP contribution in [0.4, 0.5) is 10.1 Å². The van der Waals surface area contributed by atoms with Gasteiger partial charge in [-0.1, -0.05) is 29.8 Å². The number of ether oxygens (including phenoxy) is 2. The van der Waals surface area contributed by atoms with Gasteiger partial charge in [-0.05, 0) is 48.5 Å². The Hall–Kier alpha value is -3.30. The number of likely N-dealkylation sites (N-methyl/N-ethyl adjacent to an activating group) is 1. The molecule has 7 nitrogen and oxygen atoms in total. The Bertz CT molecular complexity index is 1250. The van der Waals surface area contributed by atoms with E-state index in [9.17, 15) is 17.6 Å². The maximum atomic E-state index is 13.6. The molecular weight excluding hydrogens is 471 g/mol. The van der Waals surface area contributed by atoms with E-state index >= 15 is 0 Å². The Morgan fingerprint density at radius 3 is 2.55 bits per heavy atom. The van der Waals surface area contributed by atoms with Crippen molar-refractivity contribution in [3.05, 3.63) is 83.1 Å². The average molecular weight is 493 g/mol. The molecule has 0 unspecified atom stereocenters. The second-order valence-electron chi connectivity index (χ2n) is 6.98. The monoisotopic (exact) mass is 492 g/mol. The predicted octanol–water partition coefficient (Wildman–Crippen LogP) is 4.44. The van der Waals surface area contributed by atoms with Gasteiger partial charge in [-0.3, -0.25) is 9.52 Å². The van der Waals surface area contributed by atoms with Gasteiger partial charge in [0, 0.05) is 17.6 Å². The van der Waals surface area contributed by atoms with E-state index in [0.29, 0.717) is 10.8 Å². The van der Waals surface area contributed by atoms with Gasteiger partial charge in [0.25, 0.3) is 15.9 Å². The van der Waals surface area contributed by atoms with E-state index in [1.807, 2.05) is 0 Å². The molecule has 33 heavy (non-hydrogen) atoms. The summed E-state index contributed by atoms with van der Waals surface area (Å²) in [4.78, 5) is 14.0. The number of benzene rings is 3. The average Bonchev–Trinajstić information content (AvgIpc) is 2.80. The van der Waals surface area contributed by atoms with Gasteiger partial charge in [-0.15, -0.1) is 0 Å². The van der Waals surface area contributed by atoms with E-state index in [2.05, 4.69) is 4.72 Å². The number of hydrogen-bond acceptors (Lipinski definition) is 5. The number of para-hydroxylation sites is 1. The third-order valence-corrected chi connectivity index (χ3v) is 6.26. The van der Waals surface area contributed by atoms with E-state index in [1.54, 1.807) is 31.3 Å². The van der Waals surface area contributed by atoms with Gasteiger partial charge in [0.1, 0.15) is 12.4 Å². The number of carbonyl (C=O) groups excluding carboxylic acids is 1. The zero-order valence-corrected chi connectivity index (χ0v) is 19.5. The van der Waals surface area contributed by atoms with Gasteiger partial charge < -0.3 is 14.4 Å². The molecule has 0 aliphatic rings. The number of nitrogens with one attached hydrogen (secondary N) is 1. The molecule has 0 atom stereocenters. The number of methoxy groups -OCH3 is 1. The number of rotatable bonds is 9. The molecule has 0 radical (unpaired) electrons. The molecule has 10 heteroatoms. The maximum absolute atomic E-state index is 13.6. The van der Waals surface area contributed by atoms with Crippen LogP contribution in [-0.2, 0) is 10.0 Å². The van der Waals surface area contributed by atoms with E-state index in [0.717, 1.165) is 0 Å². The summed E-state index contributed by atoms with van der Waals surface area (Å²) >= 11 is 5.97. The van der Waals surface area contributed by atoms with Crippen molar-refractivity contribution in [1.29, 1.82) is 0 Å². The lowest BCUT2D eigenvalue weighted by molar-refractivity contribution is 0.0772. The quantitative estimate of drug-likeness (QED) is 0.477. The first kappa shape index (κ1) is 24.3. The molecule has 0 spiro atoms. The molecule has 0 saturated heterocycles. The highest BCUT2D eigenvalue weighted by molar-refractivity contribution is 7.92. The number of nitrogens with zero attached hydrogens (tertiary/aromatic N) is 1. The Morgan fingerprint density at radius 2 is 1.82 bits per heavy atom. The van der Waals surface area contributed by atoms with Gasteiger partial charge in [-0.25, -0.2) is 12.8 Å². The van der Waals surface area contributed by atoms with Crippen molar-refractivity contribution in [2.75, 3.05) is 32.0 Å². The number of hydrogen-bond donors (Lipinski definition) is 1. The summed E-state index contributed by atoms with van der Waals surface area (Å²) in [5.74, 6) is -0.517. The number of anilines is 1. The fourth-order valence-electron chi connectivity index (χ4n) is 2.94. The first-order valence-electron chi connectivity index (χ1n) is 9.80. The molecule has 0 saturated carbocycles. The van der Waals surface area contributed by atoms with Crippen LogP contribution in [0.15, 0.2) is 71.6 Å². The van der Waals surface area contributed by atoms with Crippen LogP contribution in [0.5, 0.6) is 11.5 Å². The van der Waals surface area contributed by atoms with Crippen molar-refractivity contribution in [1.82, 2.24) is 4.90 Å². The van der Waals surface area contributed by atoms with Gasteiger partial charge in [0.2, 0.25) is 0 Å². The molecule has 3 aromatic carbocycles. The summed E-state index contributed by atoms with van der Waals surface area (Å²) in [5.41, 5.74) is 0.341. The third kappa shape index (κ3) is 6.15. The SMILES string of the molecule is COc1ccc(Cl)cc1NS(=O)(=O)c1cccc(C(=O)N(C)CCOc2ccccc2F)c1. The van der Waals surface area contributed by atoms with Crippen LogP contribution < -0.4 is 14.2 Å². The molecule has 1 amide bonds. The molecule has 174 valence electrons. The smallest absolute Gasteiger partial charge is 0.262 e. The lowest BCUT2D eigenvalue weighted by atomic mass is 10.2. The summed E-state index contributed by atoms with van der Waals surface area (Å²) in [6.07, 6.45) is 0. The number of carbonyl (C=O) groups is 1. The van der Waals surface area contributed by atoms with Crippen LogP contribution >= 0.6 is 11.6 Å².